The number of carbonyl (C=O) groups excluding carboxylic acids is 2. The van der Waals surface area contributed by atoms with E-state index in [9.17, 15) is 29.4 Å². The van der Waals surface area contributed by atoms with E-state index >= 15 is 0 Å². The Bertz CT molecular complexity index is 923. The molecule has 3 rings (SSSR count). The van der Waals surface area contributed by atoms with Crippen LogP contribution in [0.1, 0.15) is 64.4 Å². The molecule has 9 heteroatoms. The largest absolute Gasteiger partial charge is 0.480 e. The number of aliphatic carboxylic acids is 2. The number of carbonyl (C=O) groups is 4. The van der Waals surface area contributed by atoms with E-state index in [1.54, 1.807) is 11.8 Å². The number of carboxylic acids is 2. The summed E-state index contributed by atoms with van der Waals surface area (Å²) in [4.78, 5) is 53.4. The minimum absolute atomic E-state index is 0.00953. The highest BCUT2D eigenvalue weighted by molar-refractivity contribution is 5.88. The maximum Gasteiger partial charge on any atom is 0.326 e. The van der Waals surface area contributed by atoms with Crippen LogP contribution in [-0.4, -0.2) is 81.0 Å². The van der Waals surface area contributed by atoms with Crippen LogP contribution in [0.15, 0.2) is 30.3 Å². The standard InChI is InChI=1S/C27H39N3O6/c1-3-4-6-11-24(31)29-15-14-20-16-22(27(35)36)30(23(20)17-29)25(32)18(2)28-21(26(33)34)13-12-19-9-7-5-8-10-19/h5,7-10,18,20-23,28H,3-4,6,11-17H2,1-2H3,(H,33,34)(H,35,36)/t18-,20+,21+,22+,23-/m0/s1. The Labute approximate surface area is 212 Å². The predicted molar refractivity (Wildman–Crippen MR) is 134 cm³/mol. The summed E-state index contributed by atoms with van der Waals surface area (Å²) in [5.41, 5.74) is 1.00. The Morgan fingerprint density at radius 3 is 2.47 bits per heavy atom. The van der Waals surface area contributed by atoms with Crippen molar-refractivity contribution in [3.8, 4) is 0 Å². The average molecular weight is 502 g/mol. The molecule has 0 unspecified atom stereocenters. The van der Waals surface area contributed by atoms with Gasteiger partial charge in [0, 0.05) is 19.5 Å². The molecule has 2 saturated heterocycles. The number of benzene rings is 1. The quantitative estimate of drug-likeness (QED) is 0.376. The minimum Gasteiger partial charge on any atom is -0.480 e. The lowest BCUT2D eigenvalue weighted by molar-refractivity contribution is -0.152. The number of nitrogens with zero attached hydrogens (tertiary/aromatic N) is 2. The van der Waals surface area contributed by atoms with E-state index in [1.165, 1.54) is 4.90 Å². The van der Waals surface area contributed by atoms with Gasteiger partial charge in [0.25, 0.3) is 0 Å². The molecule has 0 aromatic heterocycles. The summed E-state index contributed by atoms with van der Waals surface area (Å²) < 4.78 is 0. The van der Waals surface area contributed by atoms with Crippen molar-refractivity contribution < 1.29 is 29.4 Å². The Morgan fingerprint density at radius 1 is 1.11 bits per heavy atom. The van der Waals surface area contributed by atoms with Gasteiger partial charge >= 0.3 is 11.9 Å². The summed E-state index contributed by atoms with van der Waals surface area (Å²) in [5, 5.41) is 22.5. The van der Waals surface area contributed by atoms with Gasteiger partial charge in [-0.2, -0.15) is 0 Å². The van der Waals surface area contributed by atoms with E-state index in [0.29, 0.717) is 45.2 Å². The van der Waals surface area contributed by atoms with Gasteiger partial charge in [-0.25, -0.2) is 4.79 Å². The summed E-state index contributed by atoms with van der Waals surface area (Å²) in [5.74, 6) is -2.49. The van der Waals surface area contributed by atoms with E-state index in [4.69, 9.17) is 0 Å². The highest BCUT2D eigenvalue weighted by Gasteiger charge is 2.50. The van der Waals surface area contributed by atoms with Crippen molar-refractivity contribution in [2.75, 3.05) is 13.1 Å². The molecule has 2 fully saturated rings. The molecule has 2 aliphatic rings. The number of carboxylic acid groups (broad SMARTS) is 2. The smallest absolute Gasteiger partial charge is 0.326 e. The molecule has 2 heterocycles. The molecule has 0 saturated carbocycles. The number of rotatable bonds is 12. The lowest BCUT2D eigenvalue weighted by Crippen LogP contribution is -2.58. The highest BCUT2D eigenvalue weighted by Crippen LogP contribution is 2.37. The van der Waals surface area contributed by atoms with Crippen molar-refractivity contribution in [3.63, 3.8) is 0 Å². The van der Waals surface area contributed by atoms with Crippen molar-refractivity contribution in [1.82, 2.24) is 15.1 Å². The van der Waals surface area contributed by atoms with Crippen LogP contribution in [0.5, 0.6) is 0 Å². The first-order chi connectivity index (χ1) is 17.2. The summed E-state index contributed by atoms with van der Waals surface area (Å²) in [6.07, 6.45) is 5.13. The van der Waals surface area contributed by atoms with Gasteiger partial charge in [-0.3, -0.25) is 19.7 Å². The predicted octanol–water partition coefficient (Wildman–Crippen LogP) is 2.53. The molecular weight excluding hydrogens is 462 g/mol. The first kappa shape index (κ1) is 27.6. The van der Waals surface area contributed by atoms with Crippen molar-refractivity contribution >= 4 is 23.8 Å². The fourth-order valence-corrected chi connectivity index (χ4v) is 5.48. The molecule has 0 radical (unpaired) electrons. The van der Waals surface area contributed by atoms with Crippen LogP contribution >= 0.6 is 0 Å². The molecular formula is C27H39N3O6. The van der Waals surface area contributed by atoms with Crippen molar-refractivity contribution in [3.05, 3.63) is 35.9 Å². The van der Waals surface area contributed by atoms with Gasteiger partial charge in [0.15, 0.2) is 0 Å². The topological polar surface area (TPSA) is 127 Å². The zero-order valence-corrected chi connectivity index (χ0v) is 21.3. The lowest BCUT2D eigenvalue weighted by Gasteiger charge is -2.40. The second-order valence-electron chi connectivity index (χ2n) is 10.1. The third kappa shape index (κ3) is 6.84. The first-order valence-corrected chi connectivity index (χ1v) is 13.1. The molecule has 36 heavy (non-hydrogen) atoms. The van der Waals surface area contributed by atoms with Crippen LogP contribution < -0.4 is 5.32 Å². The van der Waals surface area contributed by atoms with Gasteiger partial charge in [-0.15, -0.1) is 0 Å². The third-order valence-electron chi connectivity index (χ3n) is 7.51. The van der Waals surface area contributed by atoms with Crippen LogP contribution in [0.2, 0.25) is 0 Å². The molecule has 2 amide bonds. The molecule has 3 N–H and O–H groups in total. The van der Waals surface area contributed by atoms with Gasteiger partial charge in [-0.1, -0.05) is 50.1 Å². The second kappa shape index (κ2) is 12.9. The number of piperidine rings is 1. The van der Waals surface area contributed by atoms with E-state index in [-0.39, 0.29) is 17.9 Å². The maximum absolute atomic E-state index is 13.5. The Kier molecular flexibility index (Phi) is 9.87. The fraction of sp³-hybridized carbons (Fsp3) is 0.630. The van der Waals surface area contributed by atoms with Gasteiger partial charge in [0.05, 0.1) is 12.1 Å². The summed E-state index contributed by atoms with van der Waals surface area (Å²) in [7, 11) is 0. The number of unbranched alkanes of at least 4 members (excludes halogenated alkanes) is 2. The van der Waals surface area contributed by atoms with Crippen LogP contribution in [0.4, 0.5) is 0 Å². The molecule has 5 atom stereocenters. The van der Waals surface area contributed by atoms with Gasteiger partial charge in [-0.05, 0) is 50.5 Å². The second-order valence-corrected chi connectivity index (χ2v) is 10.1. The average Bonchev–Trinajstić information content (AvgIpc) is 3.25. The van der Waals surface area contributed by atoms with Crippen LogP contribution in [-0.2, 0) is 25.6 Å². The van der Waals surface area contributed by atoms with Crippen molar-refractivity contribution in [2.45, 2.75) is 89.4 Å². The zero-order chi connectivity index (χ0) is 26.2. The molecule has 2 aliphatic heterocycles. The molecule has 0 bridgehead atoms. The van der Waals surface area contributed by atoms with E-state index in [0.717, 1.165) is 24.8 Å². The molecule has 198 valence electrons. The monoisotopic (exact) mass is 501 g/mol. The van der Waals surface area contributed by atoms with Gasteiger partial charge in [0.2, 0.25) is 11.8 Å². The van der Waals surface area contributed by atoms with Crippen LogP contribution in [0, 0.1) is 5.92 Å². The van der Waals surface area contributed by atoms with Crippen molar-refractivity contribution in [2.24, 2.45) is 5.92 Å². The van der Waals surface area contributed by atoms with Crippen LogP contribution in [0.25, 0.3) is 0 Å². The third-order valence-corrected chi connectivity index (χ3v) is 7.51. The molecule has 0 aliphatic carbocycles. The molecule has 9 nitrogen and oxygen atoms in total. The lowest BCUT2D eigenvalue weighted by atomic mass is 9.91. The normalized spacial score (nSPS) is 23.1. The Morgan fingerprint density at radius 2 is 1.83 bits per heavy atom. The number of fused-ring (bicyclic) bond motifs is 1. The number of hydrogen-bond acceptors (Lipinski definition) is 5. The fourth-order valence-electron chi connectivity index (χ4n) is 5.48. The number of amides is 2. The zero-order valence-electron chi connectivity index (χ0n) is 21.3. The minimum atomic E-state index is -1.07. The molecule has 1 aromatic rings. The van der Waals surface area contributed by atoms with Crippen molar-refractivity contribution in [1.29, 1.82) is 0 Å². The van der Waals surface area contributed by atoms with E-state index < -0.39 is 36.0 Å². The Balaban J connectivity index is 1.68. The molecule has 0 spiro atoms. The summed E-state index contributed by atoms with van der Waals surface area (Å²) in [6.45, 7) is 4.57. The summed E-state index contributed by atoms with van der Waals surface area (Å²) >= 11 is 0. The van der Waals surface area contributed by atoms with E-state index in [1.807, 2.05) is 30.3 Å². The van der Waals surface area contributed by atoms with E-state index in [2.05, 4.69) is 12.2 Å². The number of aryl methyl sites for hydroxylation is 1. The van der Waals surface area contributed by atoms with Gasteiger partial charge in [0.1, 0.15) is 12.1 Å². The summed E-state index contributed by atoms with van der Waals surface area (Å²) in [6, 6.07) is 6.35. The molecule has 1 aromatic carbocycles. The number of hydrogen-bond donors (Lipinski definition) is 3. The number of nitrogens with one attached hydrogen (secondary N) is 1. The van der Waals surface area contributed by atoms with Crippen LogP contribution in [0.3, 0.4) is 0 Å². The van der Waals surface area contributed by atoms with Gasteiger partial charge < -0.3 is 20.0 Å². The maximum atomic E-state index is 13.5. The first-order valence-electron chi connectivity index (χ1n) is 13.1. The number of likely N-dealkylation sites (tertiary alicyclic amines) is 2. The SMILES string of the molecule is CCCCCC(=O)N1CC[C@@H]2C[C@H](C(=O)O)N(C(=O)[C@H](C)N[C@H](CCc3ccccc3)C(=O)O)[C@H]2C1. The highest BCUT2D eigenvalue weighted by atomic mass is 16.4. The Hall–Kier alpha value is -2.94.